The number of sulfonamides is 1. The summed E-state index contributed by atoms with van der Waals surface area (Å²) in [7, 11) is -3.46. The van der Waals surface area contributed by atoms with E-state index in [0.29, 0.717) is 36.1 Å². The highest BCUT2D eigenvalue weighted by atomic mass is 32.2. The molecule has 4 rings (SSSR count). The first-order chi connectivity index (χ1) is 15.5. The maximum Gasteiger partial charge on any atom is 0.258 e. The van der Waals surface area contributed by atoms with E-state index in [2.05, 4.69) is 15.5 Å². The number of carbonyl (C=O) groups excluding carboxylic acids is 1. The molecule has 1 aliphatic rings. The van der Waals surface area contributed by atoms with Gasteiger partial charge in [-0.3, -0.25) is 4.79 Å². The van der Waals surface area contributed by atoms with E-state index in [1.807, 2.05) is 16.8 Å². The molecule has 3 aromatic rings. The van der Waals surface area contributed by atoms with E-state index in [9.17, 15) is 13.2 Å². The average molecular weight is 475 g/mol. The van der Waals surface area contributed by atoms with Crippen LogP contribution >= 0.6 is 11.3 Å². The molecule has 32 heavy (non-hydrogen) atoms. The summed E-state index contributed by atoms with van der Waals surface area (Å²) in [4.78, 5) is 16.8. The number of nitrogens with zero attached hydrogens (tertiary/aromatic N) is 3. The molecule has 0 radical (unpaired) electrons. The van der Waals surface area contributed by atoms with Crippen LogP contribution in [0.5, 0.6) is 0 Å². The van der Waals surface area contributed by atoms with Crippen molar-refractivity contribution in [3.05, 3.63) is 52.5 Å². The molecule has 1 N–H and O–H groups in total. The van der Waals surface area contributed by atoms with Gasteiger partial charge in [0.25, 0.3) is 5.89 Å². The van der Waals surface area contributed by atoms with Gasteiger partial charge in [0.1, 0.15) is 0 Å². The van der Waals surface area contributed by atoms with E-state index in [0.717, 1.165) is 36.8 Å². The number of aromatic nitrogens is 2. The van der Waals surface area contributed by atoms with Gasteiger partial charge in [-0.25, -0.2) is 8.42 Å². The topological polar surface area (TPSA) is 105 Å². The Kier molecular flexibility index (Phi) is 7.33. The van der Waals surface area contributed by atoms with Crippen molar-refractivity contribution in [3.8, 4) is 11.5 Å². The van der Waals surface area contributed by atoms with Crippen molar-refractivity contribution in [3.63, 3.8) is 0 Å². The van der Waals surface area contributed by atoms with E-state index in [4.69, 9.17) is 4.52 Å². The summed E-state index contributed by atoms with van der Waals surface area (Å²) < 4.78 is 32.5. The van der Waals surface area contributed by atoms with Gasteiger partial charge in [0.2, 0.25) is 15.9 Å². The van der Waals surface area contributed by atoms with Crippen LogP contribution in [0, 0.1) is 0 Å². The Balaban J connectivity index is 1.26. The lowest BCUT2D eigenvalue weighted by molar-refractivity contribution is -0.121. The van der Waals surface area contributed by atoms with Crippen LogP contribution in [0.3, 0.4) is 0 Å². The zero-order valence-corrected chi connectivity index (χ0v) is 19.3. The summed E-state index contributed by atoms with van der Waals surface area (Å²) in [6, 6.07) is 8.73. The second kappa shape index (κ2) is 10.4. The molecule has 2 aromatic heterocycles. The third-order valence-corrected chi connectivity index (χ3v) is 8.04. The summed E-state index contributed by atoms with van der Waals surface area (Å²) in [6.07, 6.45) is 4.78. The molecular formula is C22H26N4O4S2. The van der Waals surface area contributed by atoms with Gasteiger partial charge in [-0.2, -0.15) is 20.6 Å². The van der Waals surface area contributed by atoms with Gasteiger partial charge >= 0.3 is 0 Å². The summed E-state index contributed by atoms with van der Waals surface area (Å²) in [5.41, 5.74) is 1.77. The molecule has 3 heterocycles. The normalized spacial score (nSPS) is 15.4. The first-order valence-corrected chi connectivity index (χ1v) is 13.1. The second-order valence-electron chi connectivity index (χ2n) is 7.77. The van der Waals surface area contributed by atoms with Crippen LogP contribution in [0.2, 0.25) is 0 Å². The van der Waals surface area contributed by atoms with Gasteiger partial charge < -0.3 is 9.84 Å². The Hall–Kier alpha value is -2.56. The Bertz CT molecular complexity index is 1120. The molecule has 1 amide bonds. The number of aryl methyl sites for hydroxylation is 1. The molecule has 0 unspecified atom stereocenters. The zero-order valence-electron chi connectivity index (χ0n) is 17.7. The Morgan fingerprint density at radius 3 is 2.53 bits per heavy atom. The molecule has 1 aliphatic heterocycles. The van der Waals surface area contributed by atoms with Crippen LogP contribution in [0.15, 0.2) is 50.5 Å². The first-order valence-electron chi connectivity index (χ1n) is 10.7. The molecule has 170 valence electrons. The van der Waals surface area contributed by atoms with Gasteiger partial charge in [0.05, 0.1) is 17.0 Å². The maximum absolute atomic E-state index is 12.9. The van der Waals surface area contributed by atoms with Crippen LogP contribution in [-0.4, -0.2) is 41.9 Å². The van der Waals surface area contributed by atoms with Gasteiger partial charge in [-0.1, -0.05) is 30.1 Å². The molecule has 8 nitrogen and oxygen atoms in total. The van der Waals surface area contributed by atoms with Gasteiger partial charge in [-0.15, -0.1) is 0 Å². The van der Waals surface area contributed by atoms with Crippen molar-refractivity contribution in [1.82, 2.24) is 19.8 Å². The fourth-order valence-corrected chi connectivity index (χ4v) is 5.76. The SMILES string of the molecule is O=C(CCc1ccc(S(=O)(=O)N2CCCCCC2)cc1)NCc1noc(-c2ccsc2)n1. The Morgan fingerprint density at radius 2 is 1.84 bits per heavy atom. The fraction of sp³-hybridized carbons (Fsp3) is 0.409. The minimum absolute atomic E-state index is 0.131. The van der Waals surface area contributed by atoms with Crippen molar-refractivity contribution >= 4 is 27.3 Å². The number of nitrogens with one attached hydrogen (secondary N) is 1. The molecule has 10 heteroatoms. The third kappa shape index (κ3) is 5.62. The van der Waals surface area contributed by atoms with Crippen molar-refractivity contribution in [1.29, 1.82) is 0 Å². The minimum Gasteiger partial charge on any atom is -0.349 e. The number of benzene rings is 1. The lowest BCUT2D eigenvalue weighted by Crippen LogP contribution is -2.31. The standard InChI is InChI=1S/C22H26N4O4S2/c27-21(23-15-20-24-22(30-25-20)18-11-14-31-16-18)10-7-17-5-8-19(9-6-17)32(28,29)26-12-3-1-2-4-13-26/h5-6,8-9,11,14,16H,1-4,7,10,12-13,15H2,(H,23,27). The largest absolute Gasteiger partial charge is 0.349 e. The van der Waals surface area contributed by atoms with Gasteiger partial charge in [0.15, 0.2) is 5.82 Å². The monoisotopic (exact) mass is 474 g/mol. The highest BCUT2D eigenvalue weighted by Crippen LogP contribution is 2.21. The van der Waals surface area contributed by atoms with Crippen LogP contribution in [0.25, 0.3) is 11.5 Å². The molecule has 0 atom stereocenters. The molecule has 0 saturated carbocycles. The van der Waals surface area contributed by atoms with E-state index in [1.54, 1.807) is 39.9 Å². The molecule has 1 aromatic carbocycles. The van der Waals surface area contributed by atoms with Crippen LogP contribution in [-0.2, 0) is 27.8 Å². The summed E-state index contributed by atoms with van der Waals surface area (Å²) in [5.74, 6) is 0.724. The number of rotatable bonds is 8. The van der Waals surface area contributed by atoms with Gasteiger partial charge in [0, 0.05) is 24.9 Å². The van der Waals surface area contributed by atoms with Crippen LogP contribution < -0.4 is 5.32 Å². The number of hydrogen-bond acceptors (Lipinski definition) is 7. The van der Waals surface area contributed by atoms with E-state index < -0.39 is 10.0 Å². The van der Waals surface area contributed by atoms with Gasteiger partial charge in [-0.05, 0) is 48.4 Å². The van der Waals surface area contributed by atoms with Crippen molar-refractivity contribution in [2.24, 2.45) is 0 Å². The molecule has 0 spiro atoms. The molecule has 0 bridgehead atoms. The predicted octanol–water partition coefficient (Wildman–Crippen LogP) is 3.61. The number of amides is 1. The van der Waals surface area contributed by atoms with Crippen molar-refractivity contribution in [2.75, 3.05) is 13.1 Å². The first kappa shape index (κ1) is 22.6. The second-order valence-corrected chi connectivity index (χ2v) is 10.5. The molecular weight excluding hydrogens is 448 g/mol. The average Bonchev–Trinajstić information content (AvgIpc) is 3.42. The Morgan fingerprint density at radius 1 is 1.09 bits per heavy atom. The summed E-state index contributed by atoms with van der Waals surface area (Å²) in [6.45, 7) is 1.36. The number of carbonyl (C=O) groups is 1. The van der Waals surface area contributed by atoms with Crippen molar-refractivity contribution < 1.29 is 17.7 Å². The number of thiophene rings is 1. The van der Waals surface area contributed by atoms with Crippen LogP contribution in [0.4, 0.5) is 0 Å². The zero-order chi connectivity index (χ0) is 22.4. The minimum atomic E-state index is -3.46. The predicted molar refractivity (Wildman–Crippen MR) is 121 cm³/mol. The smallest absolute Gasteiger partial charge is 0.258 e. The Labute approximate surface area is 191 Å². The maximum atomic E-state index is 12.9. The third-order valence-electron chi connectivity index (χ3n) is 5.45. The summed E-state index contributed by atoms with van der Waals surface area (Å²) in [5, 5.41) is 10.5. The molecule has 1 saturated heterocycles. The quantitative estimate of drug-likeness (QED) is 0.535. The van der Waals surface area contributed by atoms with Crippen LogP contribution in [0.1, 0.15) is 43.5 Å². The van der Waals surface area contributed by atoms with Crippen molar-refractivity contribution in [2.45, 2.75) is 50.0 Å². The summed E-state index contributed by atoms with van der Waals surface area (Å²) >= 11 is 1.54. The van der Waals surface area contributed by atoms with E-state index in [1.165, 1.54) is 0 Å². The number of hydrogen-bond donors (Lipinski definition) is 1. The molecule has 1 fully saturated rings. The highest BCUT2D eigenvalue weighted by molar-refractivity contribution is 7.89. The van der Waals surface area contributed by atoms with E-state index >= 15 is 0 Å². The van der Waals surface area contributed by atoms with E-state index in [-0.39, 0.29) is 18.9 Å². The molecule has 0 aliphatic carbocycles. The highest BCUT2D eigenvalue weighted by Gasteiger charge is 2.24. The lowest BCUT2D eigenvalue weighted by Gasteiger charge is -2.20. The lowest BCUT2D eigenvalue weighted by atomic mass is 10.1. The fourth-order valence-electron chi connectivity index (χ4n) is 3.61.